The number of benzene rings is 1. The molecule has 0 fully saturated rings. The molecule has 0 aliphatic rings. The summed E-state index contributed by atoms with van der Waals surface area (Å²) in [5, 5.41) is 2.98. The molecule has 1 atom stereocenters. The average Bonchev–Trinajstić information content (AvgIpc) is 2.44. The minimum Gasteiger partial charge on any atom is -0.497 e. The number of nitrogens with one attached hydrogen (secondary N) is 1. The quantitative estimate of drug-likeness (QED) is 0.586. The second-order valence-electron chi connectivity index (χ2n) is 3.91. The molecule has 0 aromatic heterocycles. The molecule has 0 radical (unpaired) electrons. The number of ether oxygens (including phenoxy) is 2. The standard InChI is InChI=1S/C14H21NO3S/c1-4-18-14(16)13(15-2)9-10-19-12-7-5-11(17-3)6-8-12/h5-8,13,15H,4,9-10H2,1-3H3. The lowest BCUT2D eigenvalue weighted by molar-refractivity contribution is -0.145. The van der Waals surface area contributed by atoms with E-state index in [1.807, 2.05) is 31.2 Å². The molecule has 1 unspecified atom stereocenters. The molecule has 0 saturated heterocycles. The highest BCUT2D eigenvalue weighted by Gasteiger charge is 2.16. The molecule has 0 saturated carbocycles. The summed E-state index contributed by atoms with van der Waals surface area (Å²) in [5.41, 5.74) is 0. The first kappa shape index (κ1) is 15.9. The topological polar surface area (TPSA) is 47.6 Å². The van der Waals surface area contributed by atoms with Crippen LogP contribution in [0.2, 0.25) is 0 Å². The van der Waals surface area contributed by atoms with Crippen LogP contribution in [0.1, 0.15) is 13.3 Å². The van der Waals surface area contributed by atoms with Crippen molar-refractivity contribution in [3.05, 3.63) is 24.3 Å². The normalized spacial score (nSPS) is 11.9. The van der Waals surface area contributed by atoms with E-state index in [0.717, 1.165) is 17.9 Å². The molecule has 0 aliphatic heterocycles. The maximum Gasteiger partial charge on any atom is 0.323 e. The van der Waals surface area contributed by atoms with Gasteiger partial charge in [0.15, 0.2) is 0 Å². The van der Waals surface area contributed by atoms with Gasteiger partial charge in [-0.2, -0.15) is 0 Å². The van der Waals surface area contributed by atoms with Crippen LogP contribution in [0.4, 0.5) is 0 Å². The first-order valence-corrected chi connectivity index (χ1v) is 7.30. The van der Waals surface area contributed by atoms with E-state index in [1.54, 1.807) is 25.9 Å². The zero-order chi connectivity index (χ0) is 14.1. The molecule has 106 valence electrons. The van der Waals surface area contributed by atoms with Crippen LogP contribution in [0.15, 0.2) is 29.2 Å². The molecule has 5 heteroatoms. The maximum atomic E-state index is 11.6. The SMILES string of the molecule is CCOC(=O)C(CCSc1ccc(OC)cc1)NC. The highest BCUT2D eigenvalue weighted by atomic mass is 32.2. The highest BCUT2D eigenvalue weighted by molar-refractivity contribution is 7.99. The van der Waals surface area contributed by atoms with Crippen LogP contribution in [0.3, 0.4) is 0 Å². The first-order chi connectivity index (χ1) is 9.21. The molecule has 0 amide bonds. The van der Waals surface area contributed by atoms with Gasteiger partial charge in [0.2, 0.25) is 0 Å². The van der Waals surface area contributed by atoms with Gasteiger partial charge in [-0.1, -0.05) is 0 Å². The zero-order valence-electron chi connectivity index (χ0n) is 11.6. The van der Waals surface area contributed by atoms with E-state index in [0.29, 0.717) is 6.61 Å². The summed E-state index contributed by atoms with van der Waals surface area (Å²) in [6.07, 6.45) is 0.742. The number of methoxy groups -OCH3 is 1. The van der Waals surface area contributed by atoms with Gasteiger partial charge < -0.3 is 14.8 Å². The number of hydrogen-bond acceptors (Lipinski definition) is 5. The molecule has 0 spiro atoms. The van der Waals surface area contributed by atoms with Gasteiger partial charge in [0, 0.05) is 10.6 Å². The monoisotopic (exact) mass is 283 g/mol. The second kappa shape index (κ2) is 8.82. The Bertz CT molecular complexity index is 381. The van der Waals surface area contributed by atoms with Crippen molar-refractivity contribution in [2.24, 2.45) is 0 Å². The Hall–Kier alpha value is -1.20. The van der Waals surface area contributed by atoms with Crippen molar-refractivity contribution >= 4 is 17.7 Å². The molecule has 1 rings (SSSR count). The number of carbonyl (C=O) groups excluding carboxylic acids is 1. The molecule has 1 N–H and O–H groups in total. The Morgan fingerprint density at radius 3 is 2.58 bits per heavy atom. The summed E-state index contributed by atoms with van der Waals surface area (Å²) < 4.78 is 10.1. The fourth-order valence-electron chi connectivity index (χ4n) is 1.59. The Morgan fingerprint density at radius 2 is 2.05 bits per heavy atom. The van der Waals surface area contributed by atoms with Gasteiger partial charge in [0.1, 0.15) is 11.8 Å². The van der Waals surface area contributed by atoms with Crippen LogP contribution in [-0.4, -0.2) is 38.5 Å². The third kappa shape index (κ3) is 5.53. The summed E-state index contributed by atoms with van der Waals surface area (Å²) in [6, 6.07) is 7.67. The number of likely N-dealkylation sites (N-methyl/N-ethyl adjacent to an activating group) is 1. The predicted molar refractivity (Wildman–Crippen MR) is 77.8 cm³/mol. The van der Waals surface area contributed by atoms with Gasteiger partial charge in [-0.25, -0.2) is 0 Å². The summed E-state index contributed by atoms with van der Waals surface area (Å²) in [4.78, 5) is 12.8. The van der Waals surface area contributed by atoms with E-state index < -0.39 is 0 Å². The molecule has 4 nitrogen and oxygen atoms in total. The predicted octanol–water partition coefficient (Wildman–Crippen LogP) is 2.33. The van der Waals surface area contributed by atoms with E-state index >= 15 is 0 Å². The molecular formula is C14H21NO3S. The zero-order valence-corrected chi connectivity index (χ0v) is 12.5. The lowest BCUT2D eigenvalue weighted by atomic mass is 10.2. The Kier molecular flexibility index (Phi) is 7.36. The van der Waals surface area contributed by atoms with Gasteiger partial charge in [-0.05, 0) is 44.7 Å². The van der Waals surface area contributed by atoms with Crippen molar-refractivity contribution in [2.75, 3.05) is 26.5 Å². The summed E-state index contributed by atoms with van der Waals surface area (Å²) >= 11 is 1.72. The van der Waals surface area contributed by atoms with Crippen LogP contribution in [-0.2, 0) is 9.53 Å². The van der Waals surface area contributed by atoms with Crippen LogP contribution >= 0.6 is 11.8 Å². The fraction of sp³-hybridized carbons (Fsp3) is 0.500. The Balaban J connectivity index is 2.36. The minimum atomic E-state index is -0.231. The van der Waals surface area contributed by atoms with Gasteiger partial charge in [0.05, 0.1) is 13.7 Å². The molecule has 0 bridgehead atoms. The minimum absolute atomic E-state index is 0.180. The molecule has 19 heavy (non-hydrogen) atoms. The van der Waals surface area contributed by atoms with E-state index in [4.69, 9.17) is 9.47 Å². The van der Waals surface area contributed by atoms with Crippen molar-refractivity contribution in [2.45, 2.75) is 24.3 Å². The third-order valence-corrected chi connectivity index (χ3v) is 3.70. The molecular weight excluding hydrogens is 262 g/mol. The third-order valence-electron chi connectivity index (χ3n) is 2.65. The number of esters is 1. The van der Waals surface area contributed by atoms with E-state index in [1.165, 1.54) is 4.90 Å². The van der Waals surface area contributed by atoms with Crippen molar-refractivity contribution < 1.29 is 14.3 Å². The van der Waals surface area contributed by atoms with Crippen LogP contribution in [0, 0.1) is 0 Å². The van der Waals surface area contributed by atoms with Crippen LogP contribution in [0.25, 0.3) is 0 Å². The van der Waals surface area contributed by atoms with E-state index in [9.17, 15) is 4.79 Å². The molecule has 1 aromatic carbocycles. The Labute approximate surface area is 118 Å². The van der Waals surface area contributed by atoms with Gasteiger partial charge in [-0.15, -0.1) is 11.8 Å². The van der Waals surface area contributed by atoms with Crippen molar-refractivity contribution in [3.8, 4) is 5.75 Å². The number of thioether (sulfide) groups is 1. The summed E-state index contributed by atoms with van der Waals surface area (Å²) in [6.45, 7) is 2.24. The van der Waals surface area contributed by atoms with E-state index in [-0.39, 0.29) is 12.0 Å². The van der Waals surface area contributed by atoms with Gasteiger partial charge in [0.25, 0.3) is 0 Å². The number of carbonyl (C=O) groups is 1. The lowest BCUT2D eigenvalue weighted by Crippen LogP contribution is -2.36. The van der Waals surface area contributed by atoms with Gasteiger partial charge in [-0.3, -0.25) is 4.79 Å². The average molecular weight is 283 g/mol. The summed E-state index contributed by atoms with van der Waals surface area (Å²) in [5.74, 6) is 1.53. The smallest absolute Gasteiger partial charge is 0.323 e. The molecule has 1 aromatic rings. The van der Waals surface area contributed by atoms with E-state index in [2.05, 4.69) is 5.32 Å². The molecule has 0 aliphatic carbocycles. The first-order valence-electron chi connectivity index (χ1n) is 6.32. The van der Waals surface area contributed by atoms with Gasteiger partial charge >= 0.3 is 5.97 Å². The Morgan fingerprint density at radius 1 is 1.37 bits per heavy atom. The number of hydrogen-bond donors (Lipinski definition) is 1. The number of rotatable bonds is 8. The van der Waals surface area contributed by atoms with Crippen molar-refractivity contribution in [1.29, 1.82) is 0 Å². The maximum absolute atomic E-state index is 11.6. The largest absolute Gasteiger partial charge is 0.497 e. The lowest BCUT2D eigenvalue weighted by Gasteiger charge is -2.14. The summed E-state index contributed by atoms with van der Waals surface area (Å²) in [7, 11) is 3.43. The van der Waals surface area contributed by atoms with Crippen LogP contribution in [0.5, 0.6) is 5.75 Å². The van der Waals surface area contributed by atoms with Crippen LogP contribution < -0.4 is 10.1 Å². The highest BCUT2D eigenvalue weighted by Crippen LogP contribution is 2.22. The molecule has 0 heterocycles. The fourth-order valence-corrected chi connectivity index (χ4v) is 2.51. The van der Waals surface area contributed by atoms with Crippen molar-refractivity contribution in [3.63, 3.8) is 0 Å². The second-order valence-corrected chi connectivity index (χ2v) is 5.07. The van der Waals surface area contributed by atoms with Crippen molar-refractivity contribution in [1.82, 2.24) is 5.32 Å².